The first-order valence-corrected chi connectivity index (χ1v) is 5.06. The average Bonchev–Trinajstić information content (AvgIpc) is 2.97. The summed E-state index contributed by atoms with van der Waals surface area (Å²) in [5, 5.41) is 3.36. The van der Waals surface area contributed by atoms with Gasteiger partial charge in [-0.2, -0.15) is 0 Å². The number of nitrogens with two attached hydrogens (primary N) is 1. The predicted molar refractivity (Wildman–Crippen MR) is 60.5 cm³/mol. The number of aryl methyl sites for hydroxylation is 1. The Morgan fingerprint density at radius 3 is 2.73 bits per heavy atom. The van der Waals surface area contributed by atoms with Crippen LogP contribution in [0, 0.1) is 13.8 Å². The summed E-state index contributed by atoms with van der Waals surface area (Å²) in [4.78, 5) is 12.6. The van der Waals surface area contributed by atoms with Crippen LogP contribution in [0.15, 0.2) is 4.99 Å². The van der Waals surface area contributed by atoms with Gasteiger partial charge in [-0.1, -0.05) is 0 Å². The number of hydrogen-bond acceptors (Lipinski definition) is 4. The Labute approximate surface area is 88.8 Å². The number of hydrogen-bond donors (Lipinski definition) is 2. The van der Waals surface area contributed by atoms with Crippen molar-refractivity contribution in [2.75, 3.05) is 5.32 Å². The van der Waals surface area contributed by atoms with Crippen LogP contribution >= 0.6 is 0 Å². The van der Waals surface area contributed by atoms with E-state index in [0.29, 0.717) is 17.7 Å². The molecule has 0 unspecified atom stereocenters. The molecular weight excluding hydrogens is 190 g/mol. The highest BCUT2D eigenvalue weighted by Crippen LogP contribution is 2.28. The van der Waals surface area contributed by atoms with Gasteiger partial charge in [0.2, 0.25) is 0 Å². The third kappa shape index (κ3) is 2.23. The van der Waals surface area contributed by atoms with Crippen LogP contribution in [0.4, 0.5) is 11.6 Å². The van der Waals surface area contributed by atoms with Gasteiger partial charge in [-0.15, -0.1) is 0 Å². The molecule has 0 amide bonds. The van der Waals surface area contributed by atoms with Crippen LogP contribution in [0.25, 0.3) is 0 Å². The molecule has 0 bridgehead atoms. The molecular formula is C10H15N5. The van der Waals surface area contributed by atoms with E-state index in [1.54, 1.807) is 0 Å². The van der Waals surface area contributed by atoms with Crippen LogP contribution in [0.2, 0.25) is 0 Å². The first-order valence-electron chi connectivity index (χ1n) is 5.06. The Balaban J connectivity index is 2.34. The van der Waals surface area contributed by atoms with Gasteiger partial charge in [0.05, 0.1) is 6.34 Å². The maximum atomic E-state index is 5.27. The molecule has 15 heavy (non-hydrogen) atoms. The fraction of sp³-hybridized carbons (Fsp3) is 0.500. The molecule has 1 aromatic heterocycles. The van der Waals surface area contributed by atoms with Crippen molar-refractivity contribution >= 4 is 18.0 Å². The molecule has 5 nitrogen and oxygen atoms in total. The molecule has 1 fully saturated rings. The number of rotatable bonds is 3. The van der Waals surface area contributed by atoms with Gasteiger partial charge in [-0.25, -0.2) is 15.0 Å². The first-order chi connectivity index (χ1) is 7.20. The van der Waals surface area contributed by atoms with Crippen molar-refractivity contribution in [2.45, 2.75) is 32.7 Å². The Kier molecular flexibility index (Phi) is 2.53. The maximum absolute atomic E-state index is 5.27. The molecule has 80 valence electrons. The second-order valence-corrected chi connectivity index (χ2v) is 3.76. The molecule has 0 aromatic carbocycles. The van der Waals surface area contributed by atoms with E-state index in [2.05, 4.69) is 20.3 Å². The SMILES string of the molecule is Cc1nc(N=CN)c(C)c(NC2CC2)n1. The van der Waals surface area contributed by atoms with Crippen LogP contribution in [-0.4, -0.2) is 22.3 Å². The normalized spacial score (nSPS) is 15.9. The molecule has 2 rings (SSSR count). The van der Waals surface area contributed by atoms with Crippen molar-refractivity contribution in [3.63, 3.8) is 0 Å². The predicted octanol–water partition coefficient (Wildman–Crippen LogP) is 1.29. The van der Waals surface area contributed by atoms with Crippen molar-refractivity contribution in [2.24, 2.45) is 10.7 Å². The number of aliphatic imine (C=N–C) groups is 1. The summed E-state index contributed by atoms with van der Waals surface area (Å²) >= 11 is 0. The molecule has 3 N–H and O–H groups in total. The molecule has 0 atom stereocenters. The van der Waals surface area contributed by atoms with Gasteiger partial charge in [0, 0.05) is 11.6 Å². The van der Waals surface area contributed by atoms with Crippen molar-refractivity contribution < 1.29 is 0 Å². The summed E-state index contributed by atoms with van der Waals surface area (Å²) in [5.74, 6) is 2.24. The molecule has 1 heterocycles. The lowest BCUT2D eigenvalue weighted by Crippen LogP contribution is -2.07. The Bertz CT molecular complexity index is 395. The van der Waals surface area contributed by atoms with Crippen LogP contribution in [0.1, 0.15) is 24.2 Å². The maximum Gasteiger partial charge on any atom is 0.162 e. The Morgan fingerprint density at radius 1 is 1.40 bits per heavy atom. The summed E-state index contributed by atoms with van der Waals surface area (Å²) in [7, 11) is 0. The minimum Gasteiger partial charge on any atom is -0.390 e. The van der Waals surface area contributed by atoms with E-state index in [-0.39, 0.29) is 0 Å². The zero-order valence-corrected chi connectivity index (χ0v) is 8.99. The molecule has 5 heteroatoms. The molecule has 1 aromatic rings. The van der Waals surface area contributed by atoms with Crippen molar-refractivity contribution in [1.82, 2.24) is 9.97 Å². The van der Waals surface area contributed by atoms with Gasteiger partial charge in [0.25, 0.3) is 0 Å². The average molecular weight is 205 g/mol. The van der Waals surface area contributed by atoms with E-state index in [1.165, 1.54) is 19.2 Å². The summed E-state index contributed by atoms with van der Waals surface area (Å²) in [5.41, 5.74) is 6.22. The van der Waals surface area contributed by atoms with Crippen LogP contribution in [0.5, 0.6) is 0 Å². The number of nitrogens with one attached hydrogen (secondary N) is 1. The standard InChI is InChI=1S/C10H15N5/c1-6-9(12-5-11)13-7(2)14-10(6)15-8-3-4-8/h5,8H,3-4H2,1-2H3,(H3,11,12,13,14,15). The van der Waals surface area contributed by atoms with E-state index in [9.17, 15) is 0 Å². The van der Waals surface area contributed by atoms with E-state index >= 15 is 0 Å². The quantitative estimate of drug-likeness (QED) is 0.575. The number of nitrogens with zero attached hydrogens (tertiary/aromatic N) is 3. The fourth-order valence-electron chi connectivity index (χ4n) is 1.37. The van der Waals surface area contributed by atoms with Crippen molar-refractivity contribution in [3.05, 3.63) is 11.4 Å². The Hall–Kier alpha value is -1.65. The fourth-order valence-corrected chi connectivity index (χ4v) is 1.37. The van der Waals surface area contributed by atoms with Crippen molar-refractivity contribution in [3.8, 4) is 0 Å². The van der Waals surface area contributed by atoms with E-state index in [4.69, 9.17) is 5.73 Å². The summed E-state index contributed by atoms with van der Waals surface area (Å²) in [6.45, 7) is 3.81. The molecule has 0 aliphatic heterocycles. The topological polar surface area (TPSA) is 76.2 Å². The monoisotopic (exact) mass is 205 g/mol. The number of anilines is 1. The third-order valence-corrected chi connectivity index (χ3v) is 2.35. The molecule has 0 saturated heterocycles. The van der Waals surface area contributed by atoms with E-state index in [0.717, 1.165) is 11.4 Å². The van der Waals surface area contributed by atoms with Crippen LogP contribution in [0.3, 0.4) is 0 Å². The zero-order chi connectivity index (χ0) is 10.8. The zero-order valence-electron chi connectivity index (χ0n) is 8.99. The van der Waals surface area contributed by atoms with Gasteiger partial charge in [-0.05, 0) is 26.7 Å². The summed E-state index contributed by atoms with van der Waals surface area (Å²) in [6.07, 6.45) is 3.70. The molecule has 0 spiro atoms. The third-order valence-electron chi connectivity index (χ3n) is 2.35. The second kappa shape index (κ2) is 3.84. The molecule has 1 aliphatic rings. The van der Waals surface area contributed by atoms with Gasteiger partial charge >= 0.3 is 0 Å². The Morgan fingerprint density at radius 2 is 2.13 bits per heavy atom. The van der Waals surface area contributed by atoms with Crippen molar-refractivity contribution in [1.29, 1.82) is 0 Å². The van der Waals surface area contributed by atoms with Gasteiger partial charge in [-0.3, -0.25) is 0 Å². The minimum absolute atomic E-state index is 0.577. The van der Waals surface area contributed by atoms with E-state index in [1.807, 2.05) is 13.8 Å². The van der Waals surface area contributed by atoms with Gasteiger partial charge < -0.3 is 11.1 Å². The smallest absolute Gasteiger partial charge is 0.162 e. The van der Waals surface area contributed by atoms with Gasteiger partial charge in [0.15, 0.2) is 5.82 Å². The highest BCUT2D eigenvalue weighted by Gasteiger charge is 2.22. The first kappa shape index (κ1) is 9.89. The molecule has 1 saturated carbocycles. The van der Waals surface area contributed by atoms with E-state index < -0.39 is 0 Å². The minimum atomic E-state index is 0.577. The lowest BCUT2D eigenvalue weighted by atomic mass is 10.3. The lowest BCUT2D eigenvalue weighted by molar-refractivity contribution is 0.999. The highest BCUT2D eigenvalue weighted by atomic mass is 15.1. The van der Waals surface area contributed by atoms with Crippen LogP contribution < -0.4 is 11.1 Å². The number of aromatic nitrogens is 2. The van der Waals surface area contributed by atoms with Crippen LogP contribution in [-0.2, 0) is 0 Å². The highest BCUT2D eigenvalue weighted by molar-refractivity contribution is 5.62. The van der Waals surface area contributed by atoms with Gasteiger partial charge in [0.1, 0.15) is 11.6 Å². The summed E-state index contributed by atoms with van der Waals surface area (Å²) < 4.78 is 0. The lowest BCUT2D eigenvalue weighted by Gasteiger charge is -2.09. The summed E-state index contributed by atoms with van der Waals surface area (Å²) in [6, 6.07) is 0.577. The molecule has 0 radical (unpaired) electrons. The molecule has 1 aliphatic carbocycles. The largest absolute Gasteiger partial charge is 0.390 e. The second-order valence-electron chi connectivity index (χ2n) is 3.76.